The van der Waals surface area contributed by atoms with Gasteiger partial charge in [0.05, 0.1) is 0 Å². The SMILES string of the molecule is OCC(F)(F)c1ccc(OC(F)F)cc1. The van der Waals surface area contributed by atoms with Crippen LogP contribution >= 0.6 is 0 Å². The lowest BCUT2D eigenvalue weighted by Gasteiger charge is -2.13. The maximum Gasteiger partial charge on any atom is 0.387 e. The normalized spacial score (nSPS) is 11.9. The number of alkyl halides is 4. The van der Waals surface area contributed by atoms with Crippen molar-refractivity contribution in [2.45, 2.75) is 12.5 Å². The van der Waals surface area contributed by atoms with Gasteiger partial charge >= 0.3 is 6.61 Å². The van der Waals surface area contributed by atoms with Crippen LogP contribution in [0, 0.1) is 0 Å². The second-order valence-corrected chi connectivity index (χ2v) is 2.77. The van der Waals surface area contributed by atoms with Gasteiger partial charge < -0.3 is 9.84 Å². The smallest absolute Gasteiger partial charge is 0.387 e. The molecule has 0 unspecified atom stereocenters. The van der Waals surface area contributed by atoms with Crippen molar-refractivity contribution in [3.63, 3.8) is 0 Å². The van der Waals surface area contributed by atoms with Gasteiger partial charge in [-0.1, -0.05) is 0 Å². The van der Waals surface area contributed by atoms with E-state index >= 15 is 0 Å². The standard InChI is InChI=1S/C9H8F4O2/c10-8(11)15-7-3-1-6(2-4-7)9(12,13)5-14/h1-4,8,14H,5H2. The van der Waals surface area contributed by atoms with Crippen molar-refractivity contribution in [2.75, 3.05) is 6.61 Å². The van der Waals surface area contributed by atoms with Gasteiger partial charge in [0.1, 0.15) is 12.4 Å². The Hall–Kier alpha value is -1.30. The van der Waals surface area contributed by atoms with Gasteiger partial charge in [0, 0.05) is 5.56 Å². The average molecular weight is 224 g/mol. The number of ether oxygens (including phenoxy) is 1. The molecule has 0 atom stereocenters. The summed E-state index contributed by atoms with van der Waals surface area (Å²) in [5, 5.41) is 8.36. The van der Waals surface area contributed by atoms with E-state index in [2.05, 4.69) is 4.74 Å². The van der Waals surface area contributed by atoms with E-state index in [0.717, 1.165) is 24.3 Å². The lowest BCUT2D eigenvalue weighted by atomic mass is 10.1. The second kappa shape index (κ2) is 4.48. The van der Waals surface area contributed by atoms with E-state index in [1.54, 1.807) is 0 Å². The van der Waals surface area contributed by atoms with E-state index in [4.69, 9.17) is 5.11 Å². The Bertz CT molecular complexity index is 310. The predicted molar refractivity (Wildman–Crippen MR) is 44.1 cm³/mol. The zero-order chi connectivity index (χ0) is 11.5. The minimum absolute atomic E-state index is 0.206. The van der Waals surface area contributed by atoms with Crippen LogP contribution in [0.2, 0.25) is 0 Å². The van der Waals surface area contributed by atoms with Crippen molar-refractivity contribution >= 4 is 0 Å². The van der Waals surface area contributed by atoms with Crippen LogP contribution in [0.15, 0.2) is 24.3 Å². The van der Waals surface area contributed by atoms with E-state index in [1.165, 1.54) is 0 Å². The average Bonchev–Trinajstić information content (AvgIpc) is 2.18. The van der Waals surface area contributed by atoms with Gasteiger partial charge in [0.2, 0.25) is 0 Å². The van der Waals surface area contributed by atoms with E-state index in [0.29, 0.717) is 0 Å². The topological polar surface area (TPSA) is 29.5 Å². The Morgan fingerprint density at radius 1 is 1.20 bits per heavy atom. The largest absolute Gasteiger partial charge is 0.435 e. The number of hydrogen-bond donors (Lipinski definition) is 1. The van der Waals surface area contributed by atoms with Crippen LogP contribution in [0.4, 0.5) is 17.6 Å². The highest BCUT2D eigenvalue weighted by Crippen LogP contribution is 2.28. The van der Waals surface area contributed by atoms with Crippen LogP contribution in [0.5, 0.6) is 5.75 Å². The number of hydrogen-bond acceptors (Lipinski definition) is 2. The molecule has 1 N–H and O–H groups in total. The van der Waals surface area contributed by atoms with Crippen LogP contribution in [-0.2, 0) is 5.92 Å². The van der Waals surface area contributed by atoms with E-state index in [1.807, 2.05) is 0 Å². The van der Waals surface area contributed by atoms with Gasteiger partial charge in [-0.15, -0.1) is 0 Å². The van der Waals surface area contributed by atoms with Gasteiger partial charge in [-0.25, -0.2) is 0 Å². The minimum atomic E-state index is -3.37. The summed E-state index contributed by atoms with van der Waals surface area (Å²) in [6.07, 6.45) is 0. The quantitative estimate of drug-likeness (QED) is 0.795. The van der Waals surface area contributed by atoms with Crippen LogP contribution in [0.25, 0.3) is 0 Å². The third kappa shape index (κ3) is 3.09. The molecule has 0 heterocycles. The second-order valence-electron chi connectivity index (χ2n) is 2.77. The molecule has 0 spiro atoms. The fourth-order valence-electron chi connectivity index (χ4n) is 0.971. The van der Waals surface area contributed by atoms with Gasteiger partial charge in [-0.3, -0.25) is 0 Å². The molecule has 0 aliphatic rings. The Morgan fingerprint density at radius 3 is 2.13 bits per heavy atom. The Labute approximate surface area is 83.1 Å². The molecule has 15 heavy (non-hydrogen) atoms. The molecule has 0 amide bonds. The summed E-state index contributed by atoms with van der Waals surface area (Å²) in [6.45, 7) is -4.32. The molecule has 0 aliphatic heterocycles. The number of aliphatic hydroxyl groups excluding tert-OH is 1. The highest BCUT2D eigenvalue weighted by atomic mass is 19.3. The summed E-state index contributed by atoms with van der Waals surface area (Å²) in [6, 6.07) is 3.83. The van der Waals surface area contributed by atoms with Gasteiger partial charge in [-0.05, 0) is 24.3 Å². The van der Waals surface area contributed by atoms with Crippen molar-refractivity contribution in [1.82, 2.24) is 0 Å². The third-order valence-corrected chi connectivity index (χ3v) is 1.70. The number of benzene rings is 1. The van der Waals surface area contributed by atoms with Crippen LogP contribution < -0.4 is 4.74 Å². The summed E-state index contributed by atoms with van der Waals surface area (Å²) in [7, 11) is 0. The lowest BCUT2D eigenvalue weighted by molar-refractivity contribution is -0.0564. The monoisotopic (exact) mass is 224 g/mol. The molecule has 0 aliphatic carbocycles. The summed E-state index contributed by atoms with van der Waals surface area (Å²) in [4.78, 5) is 0. The maximum atomic E-state index is 12.8. The Kier molecular flexibility index (Phi) is 3.52. The van der Waals surface area contributed by atoms with Crippen molar-refractivity contribution in [1.29, 1.82) is 0 Å². The maximum absolute atomic E-state index is 12.8. The molecule has 84 valence electrons. The lowest BCUT2D eigenvalue weighted by Crippen LogP contribution is -2.18. The summed E-state index contributed by atoms with van der Waals surface area (Å²) >= 11 is 0. The first-order chi connectivity index (χ1) is 6.95. The predicted octanol–water partition coefficient (Wildman–Crippen LogP) is 2.37. The van der Waals surface area contributed by atoms with Gasteiger partial charge in [-0.2, -0.15) is 17.6 Å². The molecule has 0 saturated heterocycles. The highest BCUT2D eigenvalue weighted by molar-refractivity contribution is 5.29. The van der Waals surface area contributed by atoms with Crippen LogP contribution in [-0.4, -0.2) is 18.3 Å². The molecule has 0 saturated carbocycles. The Morgan fingerprint density at radius 2 is 1.73 bits per heavy atom. The van der Waals surface area contributed by atoms with Gasteiger partial charge in [0.15, 0.2) is 0 Å². The van der Waals surface area contributed by atoms with Crippen LogP contribution in [0.1, 0.15) is 5.56 Å². The molecule has 1 rings (SSSR count). The van der Waals surface area contributed by atoms with Crippen molar-refractivity contribution in [3.8, 4) is 5.75 Å². The molecular weight excluding hydrogens is 216 g/mol. The fourth-order valence-corrected chi connectivity index (χ4v) is 0.971. The van der Waals surface area contributed by atoms with Crippen molar-refractivity contribution in [2.24, 2.45) is 0 Å². The van der Waals surface area contributed by atoms with E-state index in [9.17, 15) is 17.6 Å². The molecule has 1 aromatic rings. The van der Waals surface area contributed by atoms with E-state index in [-0.39, 0.29) is 5.75 Å². The molecule has 1 aromatic carbocycles. The van der Waals surface area contributed by atoms with Crippen LogP contribution in [0.3, 0.4) is 0 Å². The first-order valence-electron chi connectivity index (χ1n) is 4.00. The first-order valence-corrected chi connectivity index (χ1v) is 4.00. The minimum Gasteiger partial charge on any atom is -0.435 e. The van der Waals surface area contributed by atoms with Gasteiger partial charge in [0.25, 0.3) is 5.92 Å². The summed E-state index contributed by atoms with van der Waals surface area (Å²) < 4.78 is 53.1. The van der Waals surface area contributed by atoms with Crippen molar-refractivity contribution < 1.29 is 27.4 Å². The zero-order valence-corrected chi connectivity index (χ0v) is 7.46. The Balaban J connectivity index is 2.81. The third-order valence-electron chi connectivity index (χ3n) is 1.70. The molecule has 0 radical (unpaired) electrons. The molecular formula is C9H8F4O2. The molecule has 0 aromatic heterocycles. The molecule has 0 fully saturated rings. The number of halogens is 4. The summed E-state index contributed by atoms with van der Waals surface area (Å²) in [5.41, 5.74) is -0.452. The molecule has 2 nitrogen and oxygen atoms in total. The summed E-state index contributed by atoms with van der Waals surface area (Å²) in [5.74, 6) is -3.58. The van der Waals surface area contributed by atoms with Crippen molar-refractivity contribution in [3.05, 3.63) is 29.8 Å². The molecule has 0 bridgehead atoms. The number of rotatable bonds is 4. The molecule has 6 heteroatoms. The zero-order valence-electron chi connectivity index (χ0n) is 7.46. The number of aliphatic hydroxyl groups is 1. The first kappa shape index (κ1) is 11.8. The van der Waals surface area contributed by atoms with E-state index < -0.39 is 24.7 Å². The highest BCUT2D eigenvalue weighted by Gasteiger charge is 2.30. The fraction of sp³-hybridized carbons (Fsp3) is 0.333.